The summed E-state index contributed by atoms with van der Waals surface area (Å²) in [6.07, 6.45) is 1.69. The molecule has 0 radical (unpaired) electrons. The molecule has 0 saturated carbocycles. The van der Waals surface area contributed by atoms with Gasteiger partial charge in [-0.25, -0.2) is 9.37 Å². The maximum absolute atomic E-state index is 13.5. The molecule has 2 rings (SSSR count). The molecule has 4 heteroatoms. The summed E-state index contributed by atoms with van der Waals surface area (Å²) in [5.74, 6) is 0.293. The fourth-order valence-corrected chi connectivity index (χ4v) is 1.97. The van der Waals surface area contributed by atoms with Crippen LogP contribution in [0.25, 0.3) is 11.1 Å². The number of ether oxygens (including phenoxy) is 1. The highest BCUT2D eigenvalue weighted by molar-refractivity contribution is 5.67. The Kier molecular flexibility index (Phi) is 4.12. The van der Waals surface area contributed by atoms with Gasteiger partial charge in [0, 0.05) is 23.9 Å². The average Bonchev–Trinajstić information content (AvgIpc) is 2.46. The minimum absolute atomic E-state index is 0.137. The molecule has 1 atom stereocenters. The van der Waals surface area contributed by atoms with Crippen molar-refractivity contribution in [2.45, 2.75) is 13.0 Å². The van der Waals surface area contributed by atoms with Gasteiger partial charge in [-0.2, -0.15) is 0 Å². The highest BCUT2D eigenvalue weighted by atomic mass is 19.1. The first-order chi connectivity index (χ1) is 9.15. The molecule has 0 aliphatic carbocycles. The van der Waals surface area contributed by atoms with Gasteiger partial charge in [-0.05, 0) is 43.3 Å². The summed E-state index contributed by atoms with van der Waals surface area (Å²) in [6, 6.07) is 8.60. The van der Waals surface area contributed by atoms with E-state index in [2.05, 4.69) is 10.3 Å². The molecule has 0 amide bonds. The predicted molar refractivity (Wildman–Crippen MR) is 73.7 cm³/mol. The van der Waals surface area contributed by atoms with Crippen molar-refractivity contribution < 1.29 is 9.13 Å². The van der Waals surface area contributed by atoms with Gasteiger partial charge in [0.1, 0.15) is 5.82 Å². The van der Waals surface area contributed by atoms with Crippen molar-refractivity contribution in [1.29, 1.82) is 0 Å². The second kappa shape index (κ2) is 5.80. The predicted octanol–water partition coefficient (Wildman–Crippen LogP) is 3.18. The quantitative estimate of drug-likeness (QED) is 0.916. The lowest BCUT2D eigenvalue weighted by Crippen LogP contribution is -2.13. The van der Waals surface area contributed by atoms with E-state index in [1.807, 2.05) is 20.0 Å². The summed E-state index contributed by atoms with van der Waals surface area (Å²) in [4.78, 5) is 4.16. The molecule has 1 aromatic carbocycles. The highest BCUT2D eigenvalue weighted by Crippen LogP contribution is 2.29. The Morgan fingerprint density at radius 1 is 1.26 bits per heavy atom. The number of hydrogen-bond donors (Lipinski definition) is 1. The Labute approximate surface area is 112 Å². The maximum atomic E-state index is 13.5. The van der Waals surface area contributed by atoms with E-state index < -0.39 is 0 Å². The van der Waals surface area contributed by atoms with Crippen molar-refractivity contribution in [2.24, 2.45) is 0 Å². The molecule has 0 spiro atoms. The molecule has 2 aromatic rings. The lowest BCUT2D eigenvalue weighted by molar-refractivity contribution is 0.398. The zero-order chi connectivity index (χ0) is 13.8. The molecule has 0 aliphatic rings. The minimum atomic E-state index is -0.252. The van der Waals surface area contributed by atoms with Crippen LogP contribution in [0.15, 0.2) is 36.5 Å². The third-order valence-electron chi connectivity index (χ3n) is 3.17. The van der Waals surface area contributed by atoms with Gasteiger partial charge in [-0.1, -0.05) is 6.07 Å². The first-order valence-corrected chi connectivity index (χ1v) is 6.13. The monoisotopic (exact) mass is 260 g/mol. The first kappa shape index (κ1) is 13.5. The molecule has 1 unspecified atom stereocenters. The van der Waals surface area contributed by atoms with Crippen molar-refractivity contribution in [3.63, 3.8) is 0 Å². The van der Waals surface area contributed by atoms with Gasteiger partial charge in [0.25, 0.3) is 0 Å². The molecule has 1 N–H and O–H groups in total. The number of hydrogen-bond acceptors (Lipinski definition) is 3. The van der Waals surface area contributed by atoms with Crippen molar-refractivity contribution >= 4 is 0 Å². The van der Waals surface area contributed by atoms with E-state index in [1.165, 1.54) is 12.1 Å². The van der Waals surface area contributed by atoms with Crippen LogP contribution in [0.1, 0.15) is 18.5 Å². The SMILES string of the molecule is CNC(C)c1ccc(F)cc1-c1ccc(OC)nc1. The Morgan fingerprint density at radius 3 is 2.63 bits per heavy atom. The number of rotatable bonds is 4. The van der Waals surface area contributed by atoms with Crippen molar-refractivity contribution in [1.82, 2.24) is 10.3 Å². The molecule has 1 heterocycles. The van der Waals surface area contributed by atoms with Gasteiger partial charge in [0.2, 0.25) is 5.88 Å². The van der Waals surface area contributed by atoms with Crippen LogP contribution in [0, 0.1) is 5.82 Å². The fraction of sp³-hybridized carbons (Fsp3) is 0.267. The van der Waals surface area contributed by atoms with E-state index in [1.54, 1.807) is 25.4 Å². The van der Waals surface area contributed by atoms with Crippen molar-refractivity contribution in [3.8, 4) is 17.0 Å². The summed E-state index contributed by atoms with van der Waals surface area (Å²) >= 11 is 0. The number of pyridine rings is 1. The van der Waals surface area contributed by atoms with Gasteiger partial charge in [-0.15, -0.1) is 0 Å². The molecule has 100 valence electrons. The van der Waals surface area contributed by atoms with E-state index in [-0.39, 0.29) is 11.9 Å². The first-order valence-electron chi connectivity index (χ1n) is 6.13. The molecular weight excluding hydrogens is 243 g/mol. The minimum Gasteiger partial charge on any atom is -0.481 e. The molecule has 0 bridgehead atoms. The molecule has 3 nitrogen and oxygen atoms in total. The largest absolute Gasteiger partial charge is 0.481 e. The van der Waals surface area contributed by atoms with Crippen molar-refractivity contribution in [2.75, 3.05) is 14.2 Å². The van der Waals surface area contributed by atoms with E-state index in [9.17, 15) is 4.39 Å². The van der Waals surface area contributed by atoms with Crippen LogP contribution >= 0.6 is 0 Å². The highest BCUT2D eigenvalue weighted by Gasteiger charge is 2.12. The second-order valence-corrected chi connectivity index (χ2v) is 4.33. The van der Waals surface area contributed by atoms with Crippen LogP contribution in [0.2, 0.25) is 0 Å². The lowest BCUT2D eigenvalue weighted by Gasteiger charge is -2.16. The van der Waals surface area contributed by atoms with Crippen LogP contribution in [-0.2, 0) is 0 Å². The standard InChI is InChI=1S/C15H17FN2O/c1-10(17-2)13-6-5-12(16)8-14(13)11-4-7-15(19-3)18-9-11/h4-10,17H,1-3H3. The fourth-order valence-electron chi connectivity index (χ4n) is 1.97. The van der Waals surface area contributed by atoms with Crippen molar-refractivity contribution in [3.05, 3.63) is 47.9 Å². The van der Waals surface area contributed by atoms with E-state index >= 15 is 0 Å². The van der Waals surface area contributed by atoms with E-state index in [4.69, 9.17) is 4.74 Å². The zero-order valence-corrected chi connectivity index (χ0v) is 11.3. The van der Waals surface area contributed by atoms with Gasteiger partial charge < -0.3 is 10.1 Å². The van der Waals surface area contributed by atoms with Gasteiger partial charge in [0.15, 0.2) is 0 Å². The van der Waals surface area contributed by atoms with Gasteiger partial charge >= 0.3 is 0 Å². The molecule has 19 heavy (non-hydrogen) atoms. The van der Waals surface area contributed by atoms with Gasteiger partial charge in [-0.3, -0.25) is 0 Å². The Balaban J connectivity index is 2.49. The van der Waals surface area contributed by atoms with Crippen LogP contribution in [-0.4, -0.2) is 19.1 Å². The van der Waals surface area contributed by atoms with Crippen LogP contribution in [0.5, 0.6) is 5.88 Å². The number of aromatic nitrogens is 1. The number of benzene rings is 1. The number of halogens is 1. The summed E-state index contributed by atoms with van der Waals surface area (Å²) in [6.45, 7) is 2.04. The smallest absolute Gasteiger partial charge is 0.212 e. The summed E-state index contributed by atoms with van der Waals surface area (Å²) in [7, 11) is 3.45. The summed E-state index contributed by atoms with van der Waals surface area (Å²) in [5.41, 5.74) is 2.75. The maximum Gasteiger partial charge on any atom is 0.212 e. The normalized spacial score (nSPS) is 12.2. The number of nitrogens with one attached hydrogen (secondary N) is 1. The zero-order valence-electron chi connectivity index (χ0n) is 11.3. The molecule has 0 fully saturated rings. The Morgan fingerprint density at radius 2 is 2.05 bits per heavy atom. The Hall–Kier alpha value is -1.94. The molecule has 0 aliphatic heterocycles. The lowest BCUT2D eigenvalue weighted by atomic mass is 9.96. The topological polar surface area (TPSA) is 34.1 Å². The third kappa shape index (κ3) is 2.90. The molecule has 0 saturated heterocycles. The number of nitrogens with zero attached hydrogens (tertiary/aromatic N) is 1. The van der Waals surface area contributed by atoms with E-state index in [0.717, 1.165) is 16.7 Å². The van der Waals surface area contributed by atoms with Gasteiger partial charge in [0.05, 0.1) is 7.11 Å². The van der Waals surface area contributed by atoms with Crippen LogP contribution in [0.4, 0.5) is 4.39 Å². The van der Waals surface area contributed by atoms with Crippen LogP contribution < -0.4 is 10.1 Å². The average molecular weight is 260 g/mol. The van der Waals surface area contributed by atoms with E-state index in [0.29, 0.717) is 5.88 Å². The molecule has 1 aromatic heterocycles. The third-order valence-corrected chi connectivity index (χ3v) is 3.17. The number of methoxy groups -OCH3 is 1. The second-order valence-electron chi connectivity index (χ2n) is 4.33. The summed E-state index contributed by atoms with van der Waals surface area (Å²) in [5, 5.41) is 3.17. The molecular formula is C15H17FN2O. The summed E-state index contributed by atoms with van der Waals surface area (Å²) < 4.78 is 18.5. The van der Waals surface area contributed by atoms with Crippen LogP contribution in [0.3, 0.4) is 0 Å². The Bertz CT molecular complexity index is 555.